The summed E-state index contributed by atoms with van der Waals surface area (Å²) in [4.78, 5) is 23.9. The van der Waals surface area contributed by atoms with E-state index >= 15 is 0 Å². The number of hydrogen-bond donors (Lipinski definition) is 1. The average molecular weight is 379 g/mol. The molecule has 0 bridgehead atoms. The maximum Gasteiger partial charge on any atom is 0.254 e. The van der Waals surface area contributed by atoms with E-state index in [2.05, 4.69) is 21.2 Å². The third-order valence-corrected chi connectivity index (χ3v) is 4.01. The monoisotopic (exact) mass is 378 g/mol. The number of benzene rings is 1. The van der Waals surface area contributed by atoms with Gasteiger partial charge in [0.15, 0.2) is 0 Å². The Bertz CT molecular complexity index is 738. The first-order chi connectivity index (χ1) is 11.0. The van der Waals surface area contributed by atoms with E-state index in [4.69, 9.17) is 4.74 Å². The van der Waals surface area contributed by atoms with Crippen LogP contribution in [0, 0.1) is 6.92 Å². The van der Waals surface area contributed by atoms with Gasteiger partial charge in [-0.25, -0.2) is 0 Å². The summed E-state index contributed by atoms with van der Waals surface area (Å²) in [5, 5.41) is 2.84. The number of amides is 1. The molecule has 0 fully saturated rings. The molecule has 0 unspecified atom stereocenters. The minimum absolute atomic E-state index is 0.0634. The van der Waals surface area contributed by atoms with Gasteiger partial charge in [0.2, 0.25) is 5.91 Å². The molecule has 1 aromatic heterocycles. The van der Waals surface area contributed by atoms with Gasteiger partial charge in [-0.15, -0.1) is 0 Å². The summed E-state index contributed by atoms with van der Waals surface area (Å²) in [6, 6.07) is 10.9. The summed E-state index contributed by atoms with van der Waals surface area (Å²) in [6.07, 6.45) is 0.323. The Labute approximate surface area is 143 Å². The molecular formula is C17H19BrN2O3. The Hall–Kier alpha value is -2.08. The molecule has 1 aromatic carbocycles. The van der Waals surface area contributed by atoms with Gasteiger partial charge in [0, 0.05) is 29.3 Å². The van der Waals surface area contributed by atoms with Crippen molar-refractivity contribution in [2.45, 2.75) is 19.9 Å². The van der Waals surface area contributed by atoms with Gasteiger partial charge in [0.25, 0.3) is 5.56 Å². The van der Waals surface area contributed by atoms with Crippen molar-refractivity contribution in [3.8, 4) is 5.75 Å². The summed E-state index contributed by atoms with van der Waals surface area (Å²) in [7, 11) is 1.53. The van der Waals surface area contributed by atoms with Crippen molar-refractivity contribution in [2.75, 3.05) is 13.7 Å². The number of ether oxygens (including phenoxy) is 1. The highest BCUT2D eigenvalue weighted by Gasteiger charge is 2.06. The molecule has 0 radical (unpaired) electrons. The number of hydrogen-bond acceptors (Lipinski definition) is 3. The lowest BCUT2D eigenvalue weighted by Gasteiger charge is -2.12. The lowest BCUT2D eigenvalue weighted by molar-refractivity contribution is -0.120. The Morgan fingerprint density at radius 3 is 2.57 bits per heavy atom. The van der Waals surface area contributed by atoms with Crippen LogP contribution in [-0.2, 0) is 17.8 Å². The van der Waals surface area contributed by atoms with E-state index in [1.165, 1.54) is 13.2 Å². The Balaban J connectivity index is 1.88. The smallest absolute Gasteiger partial charge is 0.254 e. The number of carbonyl (C=O) groups excluding carboxylic acids is 1. The number of carbonyl (C=O) groups is 1. The molecule has 1 amide bonds. The molecule has 2 aromatic rings. The van der Waals surface area contributed by atoms with Crippen LogP contribution in [0.3, 0.4) is 0 Å². The van der Waals surface area contributed by atoms with Gasteiger partial charge in [0.05, 0.1) is 13.5 Å². The predicted octanol–water partition coefficient (Wildman–Crippen LogP) is 2.29. The van der Waals surface area contributed by atoms with Crippen LogP contribution in [-0.4, -0.2) is 24.1 Å². The number of aryl methyl sites for hydroxylation is 1. The number of methoxy groups -OCH3 is 1. The van der Waals surface area contributed by atoms with Crippen LogP contribution < -0.4 is 15.6 Å². The first-order valence-electron chi connectivity index (χ1n) is 7.26. The van der Waals surface area contributed by atoms with Crippen LogP contribution in [0.5, 0.6) is 5.75 Å². The Morgan fingerprint density at radius 2 is 1.96 bits per heavy atom. The van der Waals surface area contributed by atoms with Crippen molar-refractivity contribution in [1.29, 1.82) is 0 Å². The van der Waals surface area contributed by atoms with Crippen LogP contribution in [0.15, 0.2) is 45.7 Å². The number of pyridine rings is 1. The van der Waals surface area contributed by atoms with Crippen molar-refractivity contribution >= 4 is 21.8 Å². The normalized spacial score (nSPS) is 10.4. The van der Waals surface area contributed by atoms with E-state index in [1.807, 2.05) is 31.2 Å². The summed E-state index contributed by atoms with van der Waals surface area (Å²) in [5.41, 5.74) is 1.61. The summed E-state index contributed by atoms with van der Waals surface area (Å²) in [5.74, 6) is 0.481. The number of nitrogens with zero attached hydrogens (tertiary/aromatic N) is 1. The summed E-state index contributed by atoms with van der Waals surface area (Å²) in [6.45, 7) is 2.68. The highest BCUT2D eigenvalue weighted by Crippen LogP contribution is 2.11. The van der Waals surface area contributed by atoms with Crippen molar-refractivity contribution in [3.63, 3.8) is 0 Å². The molecule has 0 aliphatic heterocycles. The fourth-order valence-electron chi connectivity index (χ4n) is 2.26. The molecule has 2 rings (SSSR count). The summed E-state index contributed by atoms with van der Waals surface area (Å²) >= 11 is 3.36. The predicted molar refractivity (Wildman–Crippen MR) is 92.8 cm³/mol. The largest absolute Gasteiger partial charge is 0.496 e. The van der Waals surface area contributed by atoms with Gasteiger partial charge in [-0.05, 0) is 30.7 Å². The molecule has 0 saturated heterocycles. The van der Waals surface area contributed by atoms with E-state index in [9.17, 15) is 9.59 Å². The first-order valence-corrected chi connectivity index (χ1v) is 8.05. The fourth-order valence-corrected chi connectivity index (χ4v) is 2.52. The van der Waals surface area contributed by atoms with Gasteiger partial charge in [0.1, 0.15) is 5.75 Å². The topological polar surface area (TPSA) is 60.3 Å². The Kier molecular flexibility index (Phi) is 5.98. The lowest BCUT2D eigenvalue weighted by Crippen LogP contribution is -2.32. The van der Waals surface area contributed by atoms with Crippen LogP contribution in [0.2, 0.25) is 0 Å². The zero-order valence-corrected chi connectivity index (χ0v) is 14.7. The second-order valence-electron chi connectivity index (χ2n) is 5.18. The molecule has 122 valence electrons. The van der Waals surface area contributed by atoms with Gasteiger partial charge in [-0.2, -0.15) is 0 Å². The van der Waals surface area contributed by atoms with Crippen molar-refractivity contribution in [3.05, 3.63) is 62.5 Å². The van der Waals surface area contributed by atoms with E-state index in [-0.39, 0.29) is 11.5 Å². The molecule has 5 nitrogen and oxygen atoms in total. The highest BCUT2D eigenvalue weighted by molar-refractivity contribution is 9.10. The summed E-state index contributed by atoms with van der Waals surface area (Å²) < 4.78 is 7.66. The van der Waals surface area contributed by atoms with Crippen LogP contribution in [0.4, 0.5) is 0 Å². The molecule has 0 saturated carbocycles. The molecule has 23 heavy (non-hydrogen) atoms. The van der Waals surface area contributed by atoms with E-state index < -0.39 is 0 Å². The first kappa shape index (κ1) is 17.3. The molecular weight excluding hydrogens is 360 g/mol. The van der Waals surface area contributed by atoms with Crippen molar-refractivity contribution in [1.82, 2.24) is 9.88 Å². The maximum atomic E-state index is 12.0. The number of nitrogens with one attached hydrogen (secondary N) is 1. The standard InChI is InChI=1S/C17H19BrN2O3/c1-12-9-15(23-2)11-17(22)20(12)8-7-19-16(21)10-13-3-5-14(18)6-4-13/h3-6,9,11H,7-8,10H2,1-2H3,(H,19,21). The van der Waals surface area contributed by atoms with Gasteiger partial charge < -0.3 is 14.6 Å². The second kappa shape index (κ2) is 7.97. The van der Waals surface area contributed by atoms with Gasteiger partial charge in [-0.1, -0.05) is 28.1 Å². The molecule has 0 spiro atoms. The van der Waals surface area contributed by atoms with Gasteiger partial charge >= 0.3 is 0 Å². The fraction of sp³-hybridized carbons (Fsp3) is 0.294. The molecule has 6 heteroatoms. The zero-order chi connectivity index (χ0) is 16.8. The minimum atomic E-state index is -0.135. The maximum absolute atomic E-state index is 12.0. The quantitative estimate of drug-likeness (QED) is 0.838. The van der Waals surface area contributed by atoms with Gasteiger partial charge in [-0.3, -0.25) is 9.59 Å². The van der Waals surface area contributed by atoms with Crippen molar-refractivity contribution < 1.29 is 9.53 Å². The second-order valence-corrected chi connectivity index (χ2v) is 6.10. The van der Waals surface area contributed by atoms with Crippen LogP contribution >= 0.6 is 15.9 Å². The third kappa shape index (κ3) is 4.96. The van der Waals surface area contributed by atoms with E-state index in [1.54, 1.807) is 10.6 Å². The SMILES string of the molecule is COc1cc(C)n(CCNC(=O)Cc2ccc(Br)cc2)c(=O)c1. The van der Waals surface area contributed by atoms with E-state index in [0.29, 0.717) is 25.3 Å². The Morgan fingerprint density at radius 1 is 1.26 bits per heavy atom. The molecule has 0 aliphatic carbocycles. The number of halogens is 1. The van der Waals surface area contributed by atoms with Crippen molar-refractivity contribution in [2.24, 2.45) is 0 Å². The minimum Gasteiger partial charge on any atom is -0.496 e. The average Bonchev–Trinajstić information content (AvgIpc) is 2.52. The molecule has 0 aliphatic rings. The number of rotatable bonds is 6. The number of aromatic nitrogens is 1. The van der Waals surface area contributed by atoms with Crippen LogP contribution in [0.1, 0.15) is 11.3 Å². The highest BCUT2D eigenvalue weighted by atomic mass is 79.9. The molecule has 0 atom stereocenters. The molecule has 1 N–H and O–H groups in total. The zero-order valence-electron chi connectivity index (χ0n) is 13.1. The van der Waals surface area contributed by atoms with Crippen LogP contribution in [0.25, 0.3) is 0 Å². The lowest BCUT2D eigenvalue weighted by atomic mass is 10.1. The van der Waals surface area contributed by atoms with E-state index in [0.717, 1.165) is 15.7 Å². The molecule has 1 heterocycles. The third-order valence-electron chi connectivity index (χ3n) is 3.48.